The molecule has 4 rings (SSSR count). The number of hydrogen-bond donors (Lipinski definition) is 2. The molecular weight excluding hydrogens is 496 g/mol. The third-order valence-electron chi connectivity index (χ3n) is 5.97. The Balaban J connectivity index is 1.58. The van der Waals surface area contributed by atoms with Crippen LogP contribution in [-0.4, -0.2) is 34.8 Å². The topological polar surface area (TPSA) is 120 Å². The molecule has 12 heteroatoms. The highest BCUT2D eigenvalue weighted by Crippen LogP contribution is 2.34. The number of sulfonamides is 1. The van der Waals surface area contributed by atoms with Crippen molar-refractivity contribution in [3.63, 3.8) is 0 Å². The smallest absolute Gasteiger partial charge is 0.297 e. The number of nitrogens with zero attached hydrogens (tertiary/aromatic N) is 3. The van der Waals surface area contributed by atoms with Crippen molar-refractivity contribution in [2.45, 2.75) is 56.0 Å². The molecule has 0 fully saturated rings. The number of alkyl halides is 2. The van der Waals surface area contributed by atoms with Crippen molar-refractivity contribution >= 4 is 33.4 Å². The SMILES string of the molecule is Cc1cc(S(N)(=O)=O)ccc1NC(=O)CSc1nnc(C(F)F)n1-c1ccc(C)c2c1CCCC2. The van der Waals surface area contributed by atoms with Crippen LogP contribution in [0, 0.1) is 13.8 Å². The molecule has 1 amide bonds. The van der Waals surface area contributed by atoms with E-state index in [1.54, 1.807) is 6.92 Å². The first-order valence-corrected chi connectivity index (χ1v) is 13.5. The lowest BCUT2D eigenvalue weighted by molar-refractivity contribution is -0.113. The standard InChI is InChI=1S/C23H25F2N5O3S2/c1-13-7-10-19(17-6-4-3-5-16(13)17)30-22(21(24)25)28-29-23(30)34-12-20(31)27-18-9-8-15(11-14(18)2)35(26,32)33/h7-11,21H,3-6,12H2,1-2H3,(H,27,31)(H2,26,32,33). The number of aromatic nitrogens is 3. The van der Waals surface area contributed by atoms with E-state index in [1.165, 1.54) is 28.3 Å². The summed E-state index contributed by atoms with van der Waals surface area (Å²) in [5.74, 6) is -0.967. The van der Waals surface area contributed by atoms with Crippen LogP contribution < -0.4 is 10.5 Å². The van der Waals surface area contributed by atoms with Gasteiger partial charge in [0.15, 0.2) is 5.16 Å². The predicted molar refractivity (Wildman–Crippen MR) is 130 cm³/mol. The summed E-state index contributed by atoms with van der Waals surface area (Å²) in [5.41, 5.74) is 4.90. The summed E-state index contributed by atoms with van der Waals surface area (Å²) in [5, 5.41) is 15.7. The number of fused-ring (bicyclic) bond motifs is 1. The van der Waals surface area contributed by atoms with Gasteiger partial charge in [-0.25, -0.2) is 22.3 Å². The average Bonchev–Trinajstić information content (AvgIpc) is 3.23. The number of benzene rings is 2. The number of amides is 1. The van der Waals surface area contributed by atoms with Crippen LogP contribution in [0.3, 0.4) is 0 Å². The maximum Gasteiger partial charge on any atom is 0.297 e. The van der Waals surface area contributed by atoms with Gasteiger partial charge in [0.25, 0.3) is 6.43 Å². The van der Waals surface area contributed by atoms with Gasteiger partial charge in [0, 0.05) is 5.69 Å². The van der Waals surface area contributed by atoms with E-state index in [0.29, 0.717) is 16.9 Å². The van der Waals surface area contributed by atoms with Crippen molar-refractivity contribution in [2.75, 3.05) is 11.1 Å². The first-order chi connectivity index (χ1) is 16.6. The van der Waals surface area contributed by atoms with Crippen molar-refractivity contribution in [2.24, 2.45) is 5.14 Å². The molecule has 3 aromatic rings. The highest BCUT2D eigenvalue weighted by molar-refractivity contribution is 7.99. The average molecular weight is 522 g/mol. The van der Waals surface area contributed by atoms with Crippen LogP contribution in [0.1, 0.15) is 47.3 Å². The second-order valence-electron chi connectivity index (χ2n) is 8.40. The lowest BCUT2D eigenvalue weighted by atomic mass is 9.87. The van der Waals surface area contributed by atoms with Gasteiger partial charge >= 0.3 is 0 Å². The Bertz CT molecular complexity index is 1390. The monoisotopic (exact) mass is 521 g/mol. The molecule has 0 radical (unpaired) electrons. The second-order valence-corrected chi connectivity index (χ2v) is 10.9. The van der Waals surface area contributed by atoms with E-state index in [0.717, 1.165) is 48.6 Å². The van der Waals surface area contributed by atoms with Crippen LogP contribution in [-0.2, 0) is 27.7 Å². The summed E-state index contributed by atoms with van der Waals surface area (Å²) < 4.78 is 52.0. The van der Waals surface area contributed by atoms with E-state index in [4.69, 9.17) is 5.14 Å². The lowest BCUT2D eigenvalue weighted by Gasteiger charge is -2.23. The van der Waals surface area contributed by atoms with Crippen LogP contribution in [0.15, 0.2) is 40.4 Å². The first-order valence-electron chi connectivity index (χ1n) is 11.0. The maximum atomic E-state index is 13.8. The molecule has 1 aliphatic rings. The second kappa shape index (κ2) is 10.0. The van der Waals surface area contributed by atoms with Gasteiger partial charge in [0.1, 0.15) is 0 Å². The van der Waals surface area contributed by atoms with Crippen molar-refractivity contribution in [3.05, 3.63) is 58.4 Å². The Hall–Kier alpha value is -2.83. The number of aryl methyl sites for hydroxylation is 2. The van der Waals surface area contributed by atoms with E-state index in [2.05, 4.69) is 15.5 Å². The summed E-state index contributed by atoms with van der Waals surface area (Å²) >= 11 is 1.00. The number of nitrogens with two attached hydrogens (primary N) is 1. The van der Waals surface area contributed by atoms with Crippen LogP contribution in [0.25, 0.3) is 5.69 Å². The number of nitrogens with one attached hydrogen (secondary N) is 1. The number of halogens is 2. The summed E-state index contributed by atoms with van der Waals surface area (Å²) in [6.45, 7) is 3.66. The number of carbonyl (C=O) groups is 1. The Kier molecular flexibility index (Phi) is 7.25. The largest absolute Gasteiger partial charge is 0.325 e. The van der Waals surface area contributed by atoms with E-state index in [9.17, 15) is 22.0 Å². The molecular formula is C23H25F2N5O3S2. The van der Waals surface area contributed by atoms with Gasteiger partial charge in [-0.05, 0) is 86.1 Å². The molecule has 0 saturated heterocycles. The first kappa shape index (κ1) is 25.3. The predicted octanol–water partition coefficient (Wildman–Crippen LogP) is 4.08. The highest BCUT2D eigenvalue weighted by Gasteiger charge is 2.26. The maximum absolute atomic E-state index is 13.8. The van der Waals surface area contributed by atoms with Crippen molar-refractivity contribution < 1.29 is 22.0 Å². The molecule has 0 bridgehead atoms. The molecule has 0 saturated carbocycles. The molecule has 1 aromatic heterocycles. The third kappa shape index (κ3) is 5.39. The minimum absolute atomic E-state index is 0.0589. The fraction of sp³-hybridized carbons (Fsp3) is 0.348. The minimum Gasteiger partial charge on any atom is -0.325 e. The molecule has 0 spiro atoms. The Morgan fingerprint density at radius 3 is 2.49 bits per heavy atom. The van der Waals surface area contributed by atoms with Gasteiger partial charge in [0.2, 0.25) is 21.8 Å². The number of anilines is 1. The molecule has 3 N–H and O–H groups in total. The van der Waals surface area contributed by atoms with Gasteiger partial charge in [-0.2, -0.15) is 0 Å². The van der Waals surface area contributed by atoms with E-state index in [1.807, 2.05) is 19.1 Å². The zero-order valence-corrected chi connectivity index (χ0v) is 20.8. The van der Waals surface area contributed by atoms with Crippen molar-refractivity contribution in [3.8, 4) is 5.69 Å². The van der Waals surface area contributed by atoms with Crippen LogP contribution in [0.4, 0.5) is 14.5 Å². The summed E-state index contributed by atoms with van der Waals surface area (Å²) in [6, 6.07) is 7.86. The quantitative estimate of drug-likeness (QED) is 0.452. The molecule has 0 atom stereocenters. The summed E-state index contributed by atoms with van der Waals surface area (Å²) in [4.78, 5) is 12.5. The van der Waals surface area contributed by atoms with Crippen LogP contribution in [0.5, 0.6) is 0 Å². The van der Waals surface area contributed by atoms with Crippen LogP contribution >= 0.6 is 11.8 Å². The highest BCUT2D eigenvalue weighted by atomic mass is 32.2. The molecule has 0 aliphatic heterocycles. The van der Waals surface area contributed by atoms with E-state index < -0.39 is 28.2 Å². The fourth-order valence-corrected chi connectivity index (χ4v) is 5.60. The molecule has 186 valence electrons. The summed E-state index contributed by atoms with van der Waals surface area (Å²) in [7, 11) is -3.86. The molecule has 8 nitrogen and oxygen atoms in total. The number of hydrogen-bond acceptors (Lipinski definition) is 6. The number of carbonyl (C=O) groups excluding carboxylic acids is 1. The molecule has 1 aliphatic carbocycles. The van der Waals surface area contributed by atoms with Gasteiger partial charge in [-0.15, -0.1) is 10.2 Å². The van der Waals surface area contributed by atoms with Crippen molar-refractivity contribution in [1.29, 1.82) is 0 Å². The lowest BCUT2D eigenvalue weighted by Crippen LogP contribution is -2.17. The Labute approximate surface area is 206 Å². The Morgan fingerprint density at radius 2 is 1.83 bits per heavy atom. The molecule has 1 heterocycles. The molecule has 2 aromatic carbocycles. The van der Waals surface area contributed by atoms with Crippen LogP contribution in [0.2, 0.25) is 0 Å². The third-order valence-corrected chi connectivity index (χ3v) is 7.81. The minimum atomic E-state index is -3.86. The van der Waals surface area contributed by atoms with E-state index >= 15 is 0 Å². The molecule has 35 heavy (non-hydrogen) atoms. The zero-order chi connectivity index (χ0) is 25.3. The van der Waals surface area contributed by atoms with Gasteiger partial charge in [0.05, 0.1) is 16.3 Å². The summed E-state index contributed by atoms with van der Waals surface area (Å²) in [6.07, 6.45) is 0.887. The normalized spacial score (nSPS) is 13.7. The van der Waals surface area contributed by atoms with Gasteiger partial charge in [-0.3, -0.25) is 9.36 Å². The number of thioether (sulfide) groups is 1. The van der Waals surface area contributed by atoms with Gasteiger partial charge < -0.3 is 5.32 Å². The Morgan fingerprint density at radius 1 is 1.11 bits per heavy atom. The number of rotatable bonds is 7. The molecule has 0 unspecified atom stereocenters. The van der Waals surface area contributed by atoms with Crippen molar-refractivity contribution in [1.82, 2.24) is 14.8 Å². The zero-order valence-electron chi connectivity index (χ0n) is 19.2. The van der Waals surface area contributed by atoms with Gasteiger partial charge in [-0.1, -0.05) is 17.8 Å². The van der Waals surface area contributed by atoms with E-state index in [-0.39, 0.29) is 15.8 Å². The number of primary sulfonamides is 1. The fourth-order valence-electron chi connectivity index (χ4n) is 4.25.